The molecule has 2 heteroatoms. The standard InChI is InChI=1S/C17H15BrO.C2H6/c1-13-6-2-3-7-14(13)10-17(18)11-15-8-4-5-9-16(15)12-19;1-2/h2-9,11-12H,10H2,1H3;1-2H3/b17-11+;. The van der Waals surface area contributed by atoms with Gasteiger partial charge in [-0.25, -0.2) is 0 Å². The van der Waals surface area contributed by atoms with Crippen molar-refractivity contribution < 1.29 is 4.79 Å². The lowest BCUT2D eigenvalue weighted by atomic mass is 10.0. The molecule has 2 aromatic rings. The van der Waals surface area contributed by atoms with Crippen LogP contribution in [-0.4, -0.2) is 6.29 Å². The summed E-state index contributed by atoms with van der Waals surface area (Å²) in [5.41, 5.74) is 4.22. The third kappa shape index (κ3) is 5.31. The van der Waals surface area contributed by atoms with Gasteiger partial charge in [0.1, 0.15) is 0 Å². The second kappa shape index (κ2) is 9.30. The van der Waals surface area contributed by atoms with Crippen LogP contribution < -0.4 is 0 Å². The molecule has 0 amide bonds. The maximum absolute atomic E-state index is 11.0. The van der Waals surface area contributed by atoms with Crippen molar-refractivity contribution in [2.45, 2.75) is 27.2 Å². The van der Waals surface area contributed by atoms with Gasteiger partial charge in [0.05, 0.1) is 0 Å². The van der Waals surface area contributed by atoms with Crippen molar-refractivity contribution >= 4 is 28.3 Å². The fraction of sp³-hybridized carbons (Fsp3) is 0.211. The van der Waals surface area contributed by atoms with Crippen molar-refractivity contribution in [3.05, 3.63) is 75.3 Å². The number of rotatable bonds is 4. The van der Waals surface area contributed by atoms with Crippen LogP contribution >= 0.6 is 15.9 Å². The Bertz CT molecular complexity index is 614. The average molecular weight is 345 g/mol. The predicted octanol–water partition coefficient (Wildman–Crippen LogP) is 5.81. The SMILES string of the molecule is CC.Cc1ccccc1C/C(Br)=C\c1ccccc1C=O. The van der Waals surface area contributed by atoms with Crippen LogP contribution in [0.4, 0.5) is 0 Å². The van der Waals surface area contributed by atoms with Gasteiger partial charge < -0.3 is 0 Å². The Morgan fingerprint density at radius 1 is 1.00 bits per heavy atom. The fourth-order valence-electron chi connectivity index (χ4n) is 1.96. The molecule has 0 radical (unpaired) electrons. The second-order valence-corrected chi connectivity index (χ2v) is 5.46. The van der Waals surface area contributed by atoms with Crippen LogP contribution in [0.25, 0.3) is 6.08 Å². The number of carbonyl (C=O) groups is 1. The molecule has 0 aliphatic rings. The van der Waals surface area contributed by atoms with Crippen LogP contribution in [0.1, 0.15) is 40.9 Å². The summed E-state index contributed by atoms with van der Waals surface area (Å²) in [7, 11) is 0. The van der Waals surface area contributed by atoms with Crippen LogP contribution in [-0.2, 0) is 6.42 Å². The van der Waals surface area contributed by atoms with E-state index < -0.39 is 0 Å². The van der Waals surface area contributed by atoms with Crippen LogP contribution in [0.15, 0.2) is 53.0 Å². The van der Waals surface area contributed by atoms with Gasteiger partial charge >= 0.3 is 0 Å². The summed E-state index contributed by atoms with van der Waals surface area (Å²) in [5, 5.41) is 0. The topological polar surface area (TPSA) is 17.1 Å². The van der Waals surface area contributed by atoms with Crippen LogP contribution in [0.2, 0.25) is 0 Å². The maximum Gasteiger partial charge on any atom is 0.150 e. The van der Waals surface area contributed by atoms with Gasteiger partial charge in [-0.2, -0.15) is 0 Å². The van der Waals surface area contributed by atoms with Crippen LogP contribution in [0, 0.1) is 6.92 Å². The highest BCUT2D eigenvalue weighted by atomic mass is 79.9. The highest BCUT2D eigenvalue weighted by Crippen LogP contribution is 2.21. The maximum atomic E-state index is 11.0. The summed E-state index contributed by atoms with van der Waals surface area (Å²) < 4.78 is 1.07. The van der Waals surface area contributed by atoms with E-state index in [1.807, 2.05) is 56.3 Å². The van der Waals surface area contributed by atoms with Crippen molar-refractivity contribution in [2.75, 3.05) is 0 Å². The molecule has 2 aromatic carbocycles. The molecular weight excluding hydrogens is 324 g/mol. The van der Waals surface area contributed by atoms with E-state index in [4.69, 9.17) is 0 Å². The molecule has 0 bridgehead atoms. The third-order valence-electron chi connectivity index (χ3n) is 3.06. The summed E-state index contributed by atoms with van der Waals surface area (Å²) in [6.45, 7) is 6.11. The normalized spacial score (nSPS) is 10.6. The van der Waals surface area contributed by atoms with Gasteiger partial charge in [0.25, 0.3) is 0 Å². The van der Waals surface area contributed by atoms with Gasteiger partial charge in [-0.05, 0) is 29.7 Å². The van der Waals surface area contributed by atoms with E-state index in [1.165, 1.54) is 11.1 Å². The highest BCUT2D eigenvalue weighted by Gasteiger charge is 2.02. The first-order chi connectivity index (χ1) is 10.2. The first-order valence-electron chi connectivity index (χ1n) is 7.15. The van der Waals surface area contributed by atoms with E-state index in [0.717, 1.165) is 22.8 Å². The first-order valence-corrected chi connectivity index (χ1v) is 7.95. The van der Waals surface area contributed by atoms with Gasteiger partial charge in [0.2, 0.25) is 0 Å². The van der Waals surface area contributed by atoms with Gasteiger partial charge in [-0.1, -0.05) is 78.3 Å². The lowest BCUT2D eigenvalue weighted by Crippen LogP contribution is -1.90. The lowest BCUT2D eigenvalue weighted by molar-refractivity contribution is 0.112. The minimum Gasteiger partial charge on any atom is -0.298 e. The van der Waals surface area contributed by atoms with Crippen molar-refractivity contribution in [1.82, 2.24) is 0 Å². The van der Waals surface area contributed by atoms with Crippen molar-refractivity contribution in [2.24, 2.45) is 0 Å². The monoisotopic (exact) mass is 344 g/mol. The fourth-order valence-corrected chi connectivity index (χ4v) is 2.51. The zero-order valence-electron chi connectivity index (χ0n) is 12.8. The summed E-state index contributed by atoms with van der Waals surface area (Å²) in [4.78, 5) is 11.0. The molecule has 0 N–H and O–H groups in total. The Hall–Kier alpha value is -1.67. The first kappa shape index (κ1) is 17.4. The number of halogens is 1. The van der Waals surface area contributed by atoms with Gasteiger partial charge in [-0.3, -0.25) is 4.79 Å². The quantitative estimate of drug-likeness (QED) is 0.639. The summed E-state index contributed by atoms with van der Waals surface area (Å²) in [6.07, 6.45) is 3.73. The molecule has 0 spiro atoms. The number of benzene rings is 2. The van der Waals surface area contributed by atoms with Crippen molar-refractivity contribution in [3.63, 3.8) is 0 Å². The Morgan fingerprint density at radius 3 is 2.19 bits per heavy atom. The largest absolute Gasteiger partial charge is 0.298 e. The van der Waals surface area contributed by atoms with Gasteiger partial charge in [0, 0.05) is 16.5 Å². The molecule has 0 heterocycles. The molecule has 0 aliphatic carbocycles. The van der Waals surface area contributed by atoms with Gasteiger partial charge in [0.15, 0.2) is 6.29 Å². The van der Waals surface area contributed by atoms with E-state index >= 15 is 0 Å². The molecule has 0 saturated heterocycles. The van der Waals surface area contributed by atoms with Crippen LogP contribution in [0.5, 0.6) is 0 Å². The molecule has 21 heavy (non-hydrogen) atoms. The molecule has 110 valence electrons. The molecule has 0 saturated carbocycles. The van der Waals surface area contributed by atoms with Crippen LogP contribution in [0.3, 0.4) is 0 Å². The summed E-state index contributed by atoms with van der Waals surface area (Å²) in [6, 6.07) is 15.9. The van der Waals surface area contributed by atoms with E-state index in [-0.39, 0.29) is 0 Å². The molecule has 0 atom stereocenters. The highest BCUT2D eigenvalue weighted by molar-refractivity contribution is 9.11. The third-order valence-corrected chi connectivity index (χ3v) is 3.56. The predicted molar refractivity (Wildman–Crippen MR) is 95.0 cm³/mol. The number of aldehydes is 1. The Kier molecular flexibility index (Phi) is 7.70. The smallest absolute Gasteiger partial charge is 0.150 e. The number of hydrogen-bond acceptors (Lipinski definition) is 1. The van der Waals surface area contributed by atoms with E-state index in [2.05, 4.69) is 35.0 Å². The second-order valence-electron chi connectivity index (χ2n) is 4.44. The molecule has 0 unspecified atom stereocenters. The molecule has 0 fully saturated rings. The molecule has 2 rings (SSSR count). The summed E-state index contributed by atoms with van der Waals surface area (Å²) in [5.74, 6) is 0. The lowest BCUT2D eigenvalue weighted by Gasteiger charge is -2.05. The van der Waals surface area contributed by atoms with E-state index in [0.29, 0.717) is 5.56 Å². The number of hydrogen-bond donors (Lipinski definition) is 0. The van der Waals surface area contributed by atoms with E-state index in [9.17, 15) is 4.79 Å². The number of aryl methyl sites for hydroxylation is 1. The number of allylic oxidation sites excluding steroid dienone is 1. The Balaban J connectivity index is 0.00000106. The minimum absolute atomic E-state index is 0.712. The summed E-state index contributed by atoms with van der Waals surface area (Å²) >= 11 is 3.59. The molecule has 0 aromatic heterocycles. The molecular formula is C19H21BrO. The average Bonchev–Trinajstić information content (AvgIpc) is 2.52. The molecule has 0 aliphatic heterocycles. The zero-order valence-corrected chi connectivity index (χ0v) is 14.4. The minimum atomic E-state index is 0.712. The Morgan fingerprint density at radius 2 is 1.57 bits per heavy atom. The van der Waals surface area contributed by atoms with Crippen molar-refractivity contribution in [1.29, 1.82) is 0 Å². The molecule has 1 nitrogen and oxygen atoms in total. The van der Waals surface area contributed by atoms with Crippen molar-refractivity contribution in [3.8, 4) is 0 Å². The van der Waals surface area contributed by atoms with E-state index in [1.54, 1.807) is 0 Å². The van der Waals surface area contributed by atoms with Gasteiger partial charge in [-0.15, -0.1) is 0 Å². The Labute approximate surface area is 135 Å². The zero-order chi connectivity index (χ0) is 15.7. The number of carbonyl (C=O) groups excluding carboxylic acids is 1.